The van der Waals surface area contributed by atoms with Crippen LogP contribution in [0.2, 0.25) is 0 Å². The van der Waals surface area contributed by atoms with E-state index in [1.165, 1.54) is 0 Å². The molecule has 0 aromatic heterocycles. The lowest BCUT2D eigenvalue weighted by molar-refractivity contribution is -0.130. The van der Waals surface area contributed by atoms with Crippen molar-refractivity contribution in [3.05, 3.63) is 23.8 Å². The van der Waals surface area contributed by atoms with Gasteiger partial charge in [0.25, 0.3) is 0 Å². The van der Waals surface area contributed by atoms with E-state index in [9.17, 15) is 4.79 Å². The number of nitrogens with zero attached hydrogens (tertiary/aromatic N) is 1. The van der Waals surface area contributed by atoms with Crippen LogP contribution in [0.5, 0.6) is 11.5 Å². The summed E-state index contributed by atoms with van der Waals surface area (Å²) in [6.07, 6.45) is 1.20. The lowest BCUT2D eigenvalue weighted by Gasteiger charge is -2.18. The third-order valence-corrected chi connectivity index (χ3v) is 3.10. The summed E-state index contributed by atoms with van der Waals surface area (Å²) in [6, 6.07) is 5.79. The van der Waals surface area contributed by atoms with Gasteiger partial charge in [-0.3, -0.25) is 4.79 Å². The van der Waals surface area contributed by atoms with Crippen molar-refractivity contribution in [2.45, 2.75) is 32.4 Å². The van der Waals surface area contributed by atoms with E-state index in [2.05, 4.69) is 0 Å². The molecule has 0 spiro atoms. The topological polar surface area (TPSA) is 64.8 Å². The van der Waals surface area contributed by atoms with Gasteiger partial charge in [-0.2, -0.15) is 0 Å². The van der Waals surface area contributed by atoms with Gasteiger partial charge < -0.3 is 20.1 Å². The van der Waals surface area contributed by atoms with E-state index >= 15 is 0 Å². The highest BCUT2D eigenvalue weighted by Gasteiger charge is 2.15. The molecule has 2 rings (SSSR count). The van der Waals surface area contributed by atoms with E-state index in [1.807, 2.05) is 25.1 Å². The molecule has 5 nitrogen and oxygen atoms in total. The second kappa shape index (κ2) is 5.93. The average Bonchev–Trinajstić information content (AvgIpc) is 2.83. The Morgan fingerprint density at radius 3 is 2.89 bits per heavy atom. The molecule has 0 saturated heterocycles. The molecule has 0 radical (unpaired) electrons. The zero-order chi connectivity index (χ0) is 13.8. The molecule has 1 heterocycles. The Balaban J connectivity index is 1.91. The van der Waals surface area contributed by atoms with E-state index in [0.29, 0.717) is 19.4 Å². The van der Waals surface area contributed by atoms with Gasteiger partial charge in [0.15, 0.2) is 11.5 Å². The van der Waals surface area contributed by atoms with Gasteiger partial charge in [0, 0.05) is 26.1 Å². The zero-order valence-electron chi connectivity index (χ0n) is 11.4. The number of amides is 1. The second-order valence-corrected chi connectivity index (χ2v) is 4.95. The van der Waals surface area contributed by atoms with Crippen LogP contribution in [-0.4, -0.2) is 30.7 Å². The minimum atomic E-state index is 0.0582. The van der Waals surface area contributed by atoms with Crippen molar-refractivity contribution in [2.75, 3.05) is 13.8 Å². The zero-order valence-corrected chi connectivity index (χ0v) is 11.4. The Morgan fingerprint density at radius 2 is 2.16 bits per heavy atom. The Morgan fingerprint density at radius 1 is 1.42 bits per heavy atom. The quantitative estimate of drug-likeness (QED) is 0.875. The third-order valence-electron chi connectivity index (χ3n) is 3.10. The first-order valence-electron chi connectivity index (χ1n) is 6.44. The number of ether oxygens (including phenoxy) is 2. The standard InChI is InChI=1S/C14H20N2O3/c1-10(15)3-6-14(17)16(2)8-11-4-5-12-13(7-11)19-9-18-12/h4-5,7,10H,3,6,8-9,15H2,1-2H3. The molecule has 104 valence electrons. The molecule has 1 aromatic rings. The normalized spacial score (nSPS) is 14.3. The van der Waals surface area contributed by atoms with Crippen LogP contribution in [0.4, 0.5) is 0 Å². The van der Waals surface area contributed by atoms with Crippen LogP contribution >= 0.6 is 0 Å². The molecule has 1 aliphatic rings. The fourth-order valence-corrected chi connectivity index (χ4v) is 1.94. The van der Waals surface area contributed by atoms with Gasteiger partial charge in [-0.25, -0.2) is 0 Å². The predicted molar refractivity (Wildman–Crippen MR) is 71.9 cm³/mol. The number of nitrogens with two attached hydrogens (primary N) is 1. The van der Waals surface area contributed by atoms with Crippen LogP contribution in [0.25, 0.3) is 0 Å². The van der Waals surface area contributed by atoms with Crippen LogP contribution < -0.4 is 15.2 Å². The lowest BCUT2D eigenvalue weighted by Crippen LogP contribution is -2.27. The first-order valence-corrected chi connectivity index (χ1v) is 6.44. The molecule has 0 aliphatic carbocycles. The fourth-order valence-electron chi connectivity index (χ4n) is 1.94. The van der Waals surface area contributed by atoms with Crippen molar-refractivity contribution in [3.8, 4) is 11.5 Å². The van der Waals surface area contributed by atoms with E-state index in [0.717, 1.165) is 17.1 Å². The van der Waals surface area contributed by atoms with E-state index in [4.69, 9.17) is 15.2 Å². The minimum Gasteiger partial charge on any atom is -0.454 e. The number of hydrogen-bond acceptors (Lipinski definition) is 4. The van der Waals surface area contributed by atoms with E-state index < -0.39 is 0 Å². The highest BCUT2D eigenvalue weighted by Crippen LogP contribution is 2.32. The van der Waals surface area contributed by atoms with Gasteiger partial charge in [0.1, 0.15) is 0 Å². The molecule has 2 N–H and O–H groups in total. The van der Waals surface area contributed by atoms with Crippen molar-refractivity contribution >= 4 is 5.91 Å². The maximum absolute atomic E-state index is 11.9. The summed E-state index contributed by atoms with van der Waals surface area (Å²) < 4.78 is 10.6. The van der Waals surface area contributed by atoms with Crippen molar-refractivity contribution in [1.29, 1.82) is 0 Å². The Bertz CT molecular complexity index is 460. The van der Waals surface area contributed by atoms with Gasteiger partial charge in [-0.05, 0) is 31.0 Å². The molecule has 0 saturated carbocycles. The first-order chi connectivity index (χ1) is 9.06. The smallest absolute Gasteiger partial charge is 0.231 e. The van der Waals surface area contributed by atoms with Gasteiger partial charge >= 0.3 is 0 Å². The van der Waals surface area contributed by atoms with Gasteiger partial charge in [-0.15, -0.1) is 0 Å². The molecule has 1 amide bonds. The van der Waals surface area contributed by atoms with Crippen LogP contribution in [0.1, 0.15) is 25.3 Å². The highest BCUT2D eigenvalue weighted by molar-refractivity contribution is 5.75. The third kappa shape index (κ3) is 3.61. The van der Waals surface area contributed by atoms with Crippen LogP contribution in [0.3, 0.4) is 0 Å². The molecule has 5 heteroatoms. The summed E-state index contributed by atoms with van der Waals surface area (Å²) in [4.78, 5) is 13.6. The number of carbonyl (C=O) groups is 1. The molecule has 19 heavy (non-hydrogen) atoms. The summed E-state index contributed by atoms with van der Waals surface area (Å²) in [6.45, 7) is 2.74. The number of fused-ring (bicyclic) bond motifs is 1. The van der Waals surface area contributed by atoms with Crippen LogP contribution in [-0.2, 0) is 11.3 Å². The number of carbonyl (C=O) groups excluding carboxylic acids is 1. The minimum absolute atomic E-state index is 0.0582. The SMILES string of the molecule is CC(N)CCC(=O)N(C)Cc1ccc2c(c1)OCO2. The predicted octanol–water partition coefficient (Wildman–Crippen LogP) is 1.50. The highest BCUT2D eigenvalue weighted by atomic mass is 16.7. The maximum Gasteiger partial charge on any atom is 0.231 e. The molecular weight excluding hydrogens is 244 g/mol. The van der Waals surface area contributed by atoms with Crippen molar-refractivity contribution in [3.63, 3.8) is 0 Å². The first kappa shape index (κ1) is 13.7. The lowest BCUT2D eigenvalue weighted by atomic mass is 10.1. The second-order valence-electron chi connectivity index (χ2n) is 4.95. The maximum atomic E-state index is 11.9. The molecule has 0 bridgehead atoms. The van der Waals surface area contributed by atoms with Gasteiger partial charge in [0.2, 0.25) is 12.7 Å². The summed E-state index contributed by atoms with van der Waals surface area (Å²) in [5.41, 5.74) is 6.68. The monoisotopic (exact) mass is 264 g/mol. The fraction of sp³-hybridized carbons (Fsp3) is 0.500. The summed E-state index contributed by atoms with van der Waals surface area (Å²) in [5.74, 6) is 1.61. The van der Waals surface area contributed by atoms with Crippen molar-refractivity contribution in [1.82, 2.24) is 4.90 Å². The Kier molecular flexibility index (Phi) is 4.27. The Labute approximate surface area is 113 Å². The average molecular weight is 264 g/mol. The number of benzene rings is 1. The molecule has 1 unspecified atom stereocenters. The molecular formula is C14H20N2O3. The van der Waals surface area contributed by atoms with E-state index in [-0.39, 0.29) is 18.7 Å². The van der Waals surface area contributed by atoms with E-state index in [1.54, 1.807) is 11.9 Å². The molecule has 1 aromatic carbocycles. The molecule has 1 atom stereocenters. The van der Waals surface area contributed by atoms with Gasteiger partial charge in [0.05, 0.1) is 0 Å². The number of hydrogen-bond donors (Lipinski definition) is 1. The molecule has 1 aliphatic heterocycles. The summed E-state index contributed by atoms with van der Waals surface area (Å²) in [7, 11) is 1.80. The van der Waals surface area contributed by atoms with Crippen LogP contribution in [0, 0.1) is 0 Å². The Hall–Kier alpha value is -1.75. The number of rotatable bonds is 5. The summed E-state index contributed by atoms with van der Waals surface area (Å²) >= 11 is 0. The van der Waals surface area contributed by atoms with Crippen molar-refractivity contribution in [2.24, 2.45) is 5.73 Å². The van der Waals surface area contributed by atoms with Crippen LogP contribution in [0.15, 0.2) is 18.2 Å². The summed E-state index contributed by atoms with van der Waals surface area (Å²) in [5, 5.41) is 0. The molecule has 0 fully saturated rings. The largest absolute Gasteiger partial charge is 0.454 e. The van der Waals surface area contributed by atoms with Crippen molar-refractivity contribution < 1.29 is 14.3 Å². The van der Waals surface area contributed by atoms with Gasteiger partial charge in [-0.1, -0.05) is 6.07 Å².